The van der Waals surface area contributed by atoms with Crippen molar-refractivity contribution in [2.24, 2.45) is 11.7 Å². The van der Waals surface area contributed by atoms with E-state index in [0.29, 0.717) is 5.92 Å². The Morgan fingerprint density at radius 3 is 2.60 bits per heavy atom. The lowest BCUT2D eigenvalue weighted by molar-refractivity contribution is 0.347. The third kappa shape index (κ3) is 2.58. The van der Waals surface area contributed by atoms with Gasteiger partial charge in [0.15, 0.2) is 0 Å². The van der Waals surface area contributed by atoms with Crippen molar-refractivity contribution in [3.8, 4) is 0 Å². The van der Waals surface area contributed by atoms with E-state index in [4.69, 9.17) is 5.73 Å². The maximum atomic E-state index is 5.85. The Morgan fingerprint density at radius 2 is 2.07 bits per heavy atom. The first kappa shape index (κ1) is 11.1. The van der Waals surface area contributed by atoms with Crippen LogP contribution in [0.4, 0.5) is 0 Å². The van der Waals surface area contributed by atoms with Crippen molar-refractivity contribution in [2.75, 3.05) is 0 Å². The molecule has 1 aliphatic rings. The Balaban J connectivity index is 2.03. The van der Waals surface area contributed by atoms with Crippen molar-refractivity contribution in [2.45, 2.75) is 51.5 Å². The first-order valence-electron chi connectivity index (χ1n) is 5.88. The molecule has 1 aromatic rings. The smallest absolute Gasteiger partial charge is 0.0959 e. The monoisotopic (exact) mass is 224 g/mol. The summed E-state index contributed by atoms with van der Waals surface area (Å²) in [7, 11) is 0. The van der Waals surface area contributed by atoms with Crippen LogP contribution >= 0.6 is 11.3 Å². The maximum Gasteiger partial charge on any atom is 0.0959 e. The van der Waals surface area contributed by atoms with Crippen LogP contribution < -0.4 is 5.73 Å². The van der Waals surface area contributed by atoms with E-state index in [0.717, 1.165) is 5.92 Å². The van der Waals surface area contributed by atoms with Gasteiger partial charge in [0.2, 0.25) is 0 Å². The van der Waals surface area contributed by atoms with E-state index in [1.54, 1.807) is 0 Å². The van der Waals surface area contributed by atoms with E-state index in [-0.39, 0.29) is 6.04 Å². The molecule has 3 heteroatoms. The van der Waals surface area contributed by atoms with E-state index in [9.17, 15) is 0 Å². The van der Waals surface area contributed by atoms with Gasteiger partial charge in [-0.1, -0.05) is 19.8 Å². The Bertz CT molecular complexity index is 311. The zero-order chi connectivity index (χ0) is 10.8. The predicted octanol–water partition coefficient (Wildman–Crippen LogP) is 3.46. The highest BCUT2D eigenvalue weighted by molar-refractivity contribution is 7.11. The van der Waals surface area contributed by atoms with Crippen molar-refractivity contribution in [3.05, 3.63) is 16.1 Å². The fraction of sp³-hybridized carbons (Fsp3) is 0.750. The molecule has 2 N–H and O–H groups in total. The van der Waals surface area contributed by atoms with Crippen molar-refractivity contribution in [1.82, 2.24) is 4.98 Å². The molecule has 1 aromatic heterocycles. The van der Waals surface area contributed by atoms with E-state index < -0.39 is 0 Å². The van der Waals surface area contributed by atoms with Gasteiger partial charge in [0.1, 0.15) is 0 Å². The Morgan fingerprint density at radius 1 is 1.40 bits per heavy atom. The van der Waals surface area contributed by atoms with E-state index >= 15 is 0 Å². The maximum absolute atomic E-state index is 5.85. The molecule has 1 fully saturated rings. The highest BCUT2D eigenvalue weighted by atomic mass is 32.1. The standard InChI is InChI=1S/C12H20N2S/c1-8-3-5-10(6-4-8)12-14-7-11(15-12)9(2)13/h7-10H,3-6,13H2,1-2H3. The minimum Gasteiger partial charge on any atom is -0.323 e. The zero-order valence-electron chi connectivity index (χ0n) is 9.57. The second-order valence-corrected chi connectivity index (χ2v) is 5.94. The molecule has 0 saturated heterocycles. The fourth-order valence-corrected chi connectivity index (χ4v) is 3.25. The molecule has 0 amide bonds. The van der Waals surface area contributed by atoms with Gasteiger partial charge in [0.05, 0.1) is 5.01 Å². The molecule has 1 saturated carbocycles. The van der Waals surface area contributed by atoms with Crippen LogP contribution in [0.2, 0.25) is 0 Å². The lowest BCUT2D eigenvalue weighted by Gasteiger charge is -2.24. The molecular formula is C12H20N2S. The quantitative estimate of drug-likeness (QED) is 0.835. The number of rotatable bonds is 2. The normalized spacial score (nSPS) is 29.0. The summed E-state index contributed by atoms with van der Waals surface area (Å²) in [4.78, 5) is 5.75. The lowest BCUT2D eigenvalue weighted by atomic mass is 9.83. The van der Waals surface area contributed by atoms with Crippen molar-refractivity contribution < 1.29 is 0 Å². The third-order valence-corrected chi connectivity index (χ3v) is 4.72. The molecule has 0 radical (unpaired) electrons. The summed E-state index contributed by atoms with van der Waals surface area (Å²) in [6.45, 7) is 4.38. The minimum atomic E-state index is 0.138. The average Bonchev–Trinajstić information content (AvgIpc) is 2.68. The molecule has 0 aromatic carbocycles. The summed E-state index contributed by atoms with van der Waals surface area (Å²) in [5, 5.41) is 1.31. The number of hydrogen-bond acceptors (Lipinski definition) is 3. The molecule has 0 aliphatic heterocycles. The Kier molecular flexibility index (Phi) is 3.42. The molecule has 2 nitrogen and oxygen atoms in total. The van der Waals surface area contributed by atoms with E-state index in [1.165, 1.54) is 35.6 Å². The van der Waals surface area contributed by atoms with Crippen molar-refractivity contribution in [3.63, 3.8) is 0 Å². The van der Waals surface area contributed by atoms with Crippen molar-refractivity contribution in [1.29, 1.82) is 0 Å². The van der Waals surface area contributed by atoms with E-state index in [2.05, 4.69) is 11.9 Å². The fourth-order valence-electron chi connectivity index (χ4n) is 2.21. The van der Waals surface area contributed by atoms with Gasteiger partial charge in [-0.2, -0.15) is 0 Å². The molecule has 1 unspecified atom stereocenters. The highest BCUT2D eigenvalue weighted by Gasteiger charge is 2.22. The van der Waals surface area contributed by atoms with Gasteiger partial charge in [-0.3, -0.25) is 0 Å². The van der Waals surface area contributed by atoms with Gasteiger partial charge >= 0.3 is 0 Å². The summed E-state index contributed by atoms with van der Waals surface area (Å²) in [6, 6.07) is 0.138. The molecule has 15 heavy (non-hydrogen) atoms. The summed E-state index contributed by atoms with van der Waals surface area (Å²) < 4.78 is 0. The summed E-state index contributed by atoms with van der Waals surface area (Å²) in [5.41, 5.74) is 5.85. The largest absolute Gasteiger partial charge is 0.323 e. The van der Waals surface area contributed by atoms with Gasteiger partial charge in [0, 0.05) is 23.0 Å². The molecule has 0 bridgehead atoms. The first-order valence-corrected chi connectivity index (χ1v) is 6.69. The zero-order valence-corrected chi connectivity index (χ0v) is 10.4. The van der Waals surface area contributed by atoms with Crippen LogP contribution in [-0.4, -0.2) is 4.98 Å². The number of nitrogens with zero attached hydrogens (tertiary/aromatic N) is 1. The van der Waals surface area contributed by atoms with Gasteiger partial charge in [0.25, 0.3) is 0 Å². The molecular weight excluding hydrogens is 204 g/mol. The summed E-state index contributed by atoms with van der Waals surface area (Å²) >= 11 is 1.81. The topological polar surface area (TPSA) is 38.9 Å². The second-order valence-electron chi connectivity index (χ2n) is 4.85. The summed E-state index contributed by atoms with van der Waals surface area (Å²) in [6.07, 6.45) is 7.30. The van der Waals surface area contributed by atoms with Crippen LogP contribution in [-0.2, 0) is 0 Å². The van der Waals surface area contributed by atoms with Crippen LogP contribution in [0.3, 0.4) is 0 Å². The van der Waals surface area contributed by atoms with Gasteiger partial charge < -0.3 is 5.73 Å². The average molecular weight is 224 g/mol. The van der Waals surface area contributed by atoms with Crippen LogP contribution in [0.15, 0.2) is 6.20 Å². The molecule has 1 heterocycles. The predicted molar refractivity (Wildman–Crippen MR) is 65.1 cm³/mol. The number of hydrogen-bond donors (Lipinski definition) is 1. The molecule has 1 atom stereocenters. The van der Waals surface area contributed by atoms with Crippen LogP contribution in [0, 0.1) is 5.92 Å². The molecule has 84 valence electrons. The number of nitrogens with two attached hydrogens (primary N) is 1. The molecule has 2 rings (SSSR count). The van der Waals surface area contributed by atoms with Crippen LogP contribution in [0.5, 0.6) is 0 Å². The Hall–Kier alpha value is -0.410. The number of aromatic nitrogens is 1. The number of thiazole rings is 1. The van der Waals surface area contributed by atoms with Crippen LogP contribution in [0.1, 0.15) is 61.4 Å². The third-order valence-electron chi connectivity index (χ3n) is 3.36. The SMILES string of the molecule is CC1CCC(c2ncc(C(C)N)s2)CC1. The Labute approximate surface area is 95.9 Å². The molecule has 1 aliphatic carbocycles. The highest BCUT2D eigenvalue weighted by Crippen LogP contribution is 2.37. The van der Waals surface area contributed by atoms with Crippen molar-refractivity contribution >= 4 is 11.3 Å². The summed E-state index contributed by atoms with van der Waals surface area (Å²) in [5.74, 6) is 1.62. The lowest BCUT2D eigenvalue weighted by Crippen LogP contribution is -2.10. The van der Waals surface area contributed by atoms with Gasteiger partial charge in [-0.15, -0.1) is 11.3 Å². The van der Waals surface area contributed by atoms with Gasteiger partial charge in [-0.05, 0) is 25.7 Å². The second kappa shape index (κ2) is 4.62. The first-order chi connectivity index (χ1) is 7.16. The minimum absolute atomic E-state index is 0.138. The van der Waals surface area contributed by atoms with E-state index in [1.807, 2.05) is 24.5 Å². The van der Waals surface area contributed by atoms with Gasteiger partial charge in [-0.25, -0.2) is 4.98 Å². The molecule has 0 spiro atoms. The van der Waals surface area contributed by atoms with Crippen LogP contribution in [0.25, 0.3) is 0 Å².